The van der Waals surface area contributed by atoms with Crippen molar-refractivity contribution in [3.05, 3.63) is 11.7 Å². The van der Waals surface area contributed by atoms with Gasteiger partial charge in [0.05, 0.1) is 5.04 Å². The van der Waals surface area contributed by atoms with E-state index in [1.54, 1.807) is 0 Å². The average Bonchev–Trinajstić information content (AvgIpc) is 2.56. The monoisotopic (exact) mass is 205 g/mol. The van der Waals surface area contributed by atoms with Crippen LogP contribution in [-0.4, -0.2) is 17.3 Å². The van der Waals surface area contributed by atoms with E-state index < -0.39 is 11.7 Å². The van der Waals surface area contributed by atoms with E-state index in [0.717, 1.165) is 31.4 Å². The van der Waals surface area contributed by atoms with Crippen molar-refractivity contribution in [2.24, 2.45) is 4.99 Å². The van der Waals surface area contributed by atoms with Gasteiger partial charge in [-0.3, -0.25) is 4.99 Å². The van der Waals surface area contributed by atoms with Crippen molar-refractivity contribution in [1.82, 2.24) is 0 Å². The molecule has 1 nitrogen and oxygen atoms in total. The van der Waals surface area contributed by atoms with E-state index in [9.17, 15) is 8.78 Å². The third kappa shape index (κ3) is 3.89. The minimum atomic E-state index is -0.700. The summed E-state index contributed by atoms with van der Waals surface area (Å²) in [6.45, 7) is 2.04. The maximum atomic E-state index is 12.7. The zero-order chi connectivity index (χ0) is 9.68. The second-order valence-electron chi connectivity index (χ2n) is 2.92. The highest BCUT2D eigenvalue weighted by atomic mass is 32.2. The van der Waals surface area contributed by atoms with E-state index >= 15 is 0 Å². The Bertz CT molecular complexity index is 232. The molecule has 0 aliphatic carbocycles. The average molecular weight is 205 g/mol. The summed E-state index contributed by atoms with van der Waals surface area (Å²) in [5, 5.41) is 1.09. The smallest absolute Gasteiger partial charge is 0.132 e. The van der Waals surface area contributed by atoms with Gasteiger partial charge >= 0.3 is 0 Å². The Morgan fingerprint density at radius 1 is 1.54 bits per heavy atom. The lowest BCUT2D eigenvalue weighted by molar-refractivity contribution is 0.519. The summed E-state index contributed by atoms with van der Waals surface area (Å²) in [6.07, 6.45) is 2.28. The molecule has 0 saturated carbocycles. The molecule has 74 valence electrons. The second kappa shape index (κ2) is 5.37. The first-order valence-corrected chi connectivity index (χ1v) is 5.35. The molecule has 0 saturated heterocycles. The van der Waals surface area contributed by atoms with Gasteiger partial charge in [0.15, 0.2) is 0 Å². The lowest BCUT2D eigenvalue weighted by Gasteiger charge is -1.99. The van der Waals surface area contributed by atoms with Gasteiger partial charge in [-0.15, -0.1) is 11.8 Å². The zero-order valence-electron chi connectivity index (χ0n) is 7.65. The number of hydrogen-bond acceptors (Lipinski definition) is 2. The molecule has 0 aromatic carbocycles. The fourth-order valence-corrected chi connectivity index (χ4v) is 2.05. The fourth-order valence-electron chi connectivity index (χ4n) is 1.06. The predicted molar refractivity (Wildman–Crippen MR) is 53.5 cm³/mol. The number of aliphatic imine (C=N–C) groups is 1. The van der Waals surface area contributed by atoms with Crippen molar-refractivity contribution in [3.63, 3.8) is 0 Å². The van der Waals surface area contributed by atoms with Gasteiger partial charge in [-0.25, -0.2) is 8.78 Å². The van der Waals surface area contributed by atoms with Crippen LogP contribution in [0.2, 0.25) is 0 Å². The first kappa shape index (κ1) is 10.7. The highest BCUT2D eigenvalue weighted by molar-refractivity contribution is 8.13. The molecule has 4 heteroatoms. The Kier molecular flexibility index (Phi) is 4.42. The van der Waals surface area contributed by atoms with Crippen LogP contribution in [0, 0.1) is 0 Å². The molecule has 0 amide bonds. The molecule has 1 rings (SSSR count). The number of rotatable bonds is 3. The van der Waals surface area contributed by atoms with Crippen LogP contribution in [0.1, 0.15) is 26.2 Å². The van der Waals surface area contributed by atoms with Crippen LogP contribution in [0.4, 0.5) is 8.78 Å². The number of thioether (sulfide) groups is 1. The predicted octanol–water partition coefficient (Wildman–Crippen LogP) is 3.47. The van der Waals surface area contributed by atoms with Gasteiger partial charge in [0.25, 0.3) is 0 Å². The Morgan fingerprint density at radius 2 is 2.31 bits per heavy atom. The molecule has 1 aliphatic rings. The maximum Gasteiger partial charge on any atom is 0.132 e. The fraction of sp³-hybridized carbons (Fsp3) is 0.667. The highest BCUT2D eigenvalue weighted by Crippen LogP contribution is 2.20. The van der Waals surface area contributed by atoms with Crippen LogP contribution >= 0.6 is 11.8 Å². The molecule has 0 radical (unpaired) electrons. The lowest BCUT2D eigenvalue weighted by Crippen LogP contribution is -1.89. The van der Waals surface area contributed by atoms with E-state index in [2.05, 4.69) is 4.99 Å². The van der Waals surface area contributed by atoms with E-state index in [-0.39, 0.29) is 6.42 Å². The molecule has 1 heterocycles. The summed E-state index contributed by atoms with van der Waals surface area (Å²) in [7, 11) is 0. The minimum absolute atomic E-state index is 0.173. The quantitative estimate of drug-likeness (QED) is 0.687. The van der Waals surface area contributed by atoms with Crippen LogP contribution in [-0.2, 0) is 0 Å². The van der Waals surface area contributed by atoms with Crippen LogP contribution < -0.4 is 0 Å². The van der Waals surface area contributed by atoms with E-state index in [1.807, 2.05) is 0 Å². The van der Waals surface area contributed by atoms with Crippen LogP contribution in [0.3, 0.4) is 0 Å². The highest BCUT2D eigenvalue weighted by Gasteiger charge is 2.07. The first-order chi connectivity index (χ1) is 6.20. The van der Waals surface area contributed by atoms with Crippen LogP contribution in [0.5, 0.6) is 0 Å². The Balaban J connectivity index is 2.17. The topological polar surface area (TPSA) is 12.4 Å². The molecule has 1 aliphatic heterocycles. The number of nitrogens with zero attached hydrogens (tertiary/aromatic N) is 1. The molecule has 0 aromatic heterocycles. The second-order valence-corrected chi connectivity index (χ2v) is 4.08. The third-order valence-corrected chi connectivity index (χ3v) is 2.88. The summed E-state index contributed by atoms with van der Waals surface area (Å²) in [4.78, 5) is 4.22. The van der Waals surface area contributed by atoms with Crippen molar-refractivity contribution in [1.29, 1.82) is 0 Å². The van der Waals surface area contributed by atoms with Gasteiger partial charge in [0.1, 0.15) is 11.7 Å². The van der Waals surface area contributed by atoms with Crippen LogP contribution in [0.25, 0.3) is 0 Å². The lowest BCUT2D eigenvalue weighted by atomic mass is 10.4. The summed E-state index contributed by atoms with van der Waals surface area (Å²) in [5.74, 6) is -0.744. The van der Waals surface area contributed by atoms with Gasteiger partial charge in [0.2, 0.25) is 0 Å². The molecule has 13 heavy (non-hydrogen) atoms. The normalized spacial score (nSPS) is 18.5. The van der Waals surface area contributed by atoms with Gasteiger partial charge in [0, 0.05) is 18.7 Å². The zero-order valence-corrected chi connectivity index (χ0v) is 8.46. The molecule has 0 atom stereocenters. The first-order valence-electron chi connectivity index (χ1n) is 4.37. The molecule has 0 N–H and O–H groups in total. The largest absolute Gasteiger partial charge is 0.283 e. The minimum Gasteiger partial charge on any atom is -0.283 e. The number of halogens is 2. The van der Waals surface area contributed by atoms with Crippen molar-refractivity contribution in [2.75, 3.05) is 12.3 Å². The molecule has 0 bridgehead atoms. The number of allylic oxidation sites excluding steroid dienone is 2. The molecular weight excluding hydrogens is 192 g/mol. The molecular formula is C9H13F2NS. The van der Waals surface area contributed by atoms with E-state index in [4.69, 9.17) is 0 Å². The molecule has 0 fully saturated rings. The third-order valence-electron chi connectivity index (χ3n) is 1.80. The van der Waals surface area contributed by atoms with Crippen molar-refractivity contribution < 1.29 is 8.78 Å². The molecule has 0 unspecified atom stereocenters. The van der Waals surface area contributed by atoms with Gasteiger partial charge in [-0.1, -0.05) is 0 Å². The number of hydrogen-bond donors (Lipinski definition) is 0. The summed E-state index contributed by atoms with van der Waals surface area (Å²) < 4.78 is 24.9. The maximum absolute atomic E-state index is 12.7. The van der Waals surface area contributed by atoms with Crippen molar-refractivity contribution in [2.45, 2.75) is 26.2 Å². The summed E-state index contributed by atoms with van der Waals surface area (Å²) in [5.41, 5.74) is 0. The van der Waals surface area contributed by atoms with Crippen LogP contribution in [0.15, 0.2) is 16.6 Å². The van der Waals surface area contributed by atoms with Crippen molar-refractivity contribution >= 4 is 16.8 Å². The van der Waals surface area contributed by atoms with Gasteiger partial charge in [-0.05, 0) is 19.8 Å². The Hall–Kier alpha value is -0.380. The Labute approximate surface area is 81.3 Å². The summed E-state index contributed by atoms with van der Waals surface area (Å²) in [6, 6.07) is 0. The Morgan fingerprint density at radius 3 is 2.85 bits per heavy atom. The molecule has 0 aromatic rings. The van der Waals surface area contributed by atoms with Crippen molar-refractivity contribution in [3.8, 4) is 0 Å². The van der Waals surface area contributed by atoms with E-state index in [0.29, 0.717) is 5.75 Å². The SMILES string of the molecule is C/C(F)=C(\F)CCSC1=NCCC1. The molecule has 0 spiro atoms. The summed E-state index contributed by atoms with van der Waals surface area (Å²) >= 11 is 1.54. The van der Waals surface area contributed by atoms with E-state index in [1.165, 1.54) is 11.8 Å². The standard InChI is InChI=1S/C9H13F2NS/c1-7(10)8(11)4-6-13-9-3-2-5-12-9/h2-6H2,1H3/b8-7+. The van der Waals surface area contributed by atoms with Gasteiger partial charge < -0.3 is 0 Å². The van der Waals surface area contributed by atoms with Gasteiger partial charge in [-0.2, -0.15) is 0 Å².